The summed E-state index contributed by atoms with van der Waals surface area (Å²) in [6, 6.07) is 4.53. The summed E-state index contributed by atoms with van der Waals surface area (Å²) in [4.78, 5) is 6.19. The summed E-state index contributed by atoms with van der Waals surface area (Å²) in [6.07, 6.45) is 3.62. The monoisotopic (exact) mass is 228 g/mol. The molecule has 0 amide bonds. The Kier molecular flexibility index (Phi) is 3.53. The Morgan fingerprint density at radius 1 is 1.50 bits per heavy atom. The molecule has 66 valence electrons. The van der Waals surface area contributed by atoms with Crippen LogP contribution >= 0.6 is 15.9 Å². The highest BCUT2D eigenvalue weighted by molar-refractivity contribution is 9.09. The van der Waals surface area contributed by atoms with Crippen LogP contribution in [-0.2, 0) is 0 Å². The zero-order valence-corrected chi connectivity index (χ0v) is 8.95. The van der Waals surface area contributed by atoms with Gasteiger partial charge < -0.3 is 4.90 Å². The van der Waals surface area contributed by atoms with Gasteiger partial charge in [-0.3, -0.25) is 4.98 Å². The molecule has 0 saturated carbocycles. The predicted octanol–water partition coefficient (Wildman–Crippen LogP) is 2.30. The smallest absolute Gasteiger partial charge is 0.0397 e. The van der Waals surface area contributed by atoms with Crippen LogP contribution in [-0.4, -0.2) is 23.4 Å². The SMILES string of the molecule is CC(CBr)N(C)c1ccncc1. The van der Waals surface area contributed by atoms with E-state index in [0.717, 1.165) is 5.33 Å². The molecule has 3 heteroatoms. The van der Waals surface area contributed by atoms with Crippen LogP contribution in [0.15, 0.2) is 24.5 Å². The Balaban J connectivity index is 2.71. The van der Waals surface area contributed by atoms with Crippen LogP contribution in [0.1, 0.15) is 6.92 Å². The summed E-state index contributed by atoms with van der Waals surface area (Å²) < 4.78 is 0. The molecule has 0 bridgehead atoms. The topological polar surface area (TPSA) is 16.1 Å². The molecule has 0 aliphatic carbocycles. The lowest BCUT2D eigenvalue weighted by Crippen LogP contribution is -2.29. The lowest BCUT2D eigenvalue weighted by atomic mass is 10.3. The van der Waals surface area contributed by atoms with E-state index in [0.29, 0.717) is 6.04 Å². The third kappa shape index (κ3) is 2.21. The zero-order chi connectivity index (χ0) is 8.97. The summed E-state index contributed by atoms with van der Waals surface area (Å²) in [5, 5.41) is 0.978. The van der Waals surface area contributed by atoms with Crippen LogP contribution in [0, 0.1) is 0 Å². The van der Waals surface area contributed by atoms with Gasteiger partial charge in [-0.15, -0.1) is 0 Å². The third-order valence-electron chi connectivity index (χ3n) is 1.95. The predicted molar refractivity (Wildman–Crippen MR) is 55.9 cm³/mol. The summed E-state index contributed by atoms with van der Waals surface area (Å²) in [6.45, 7) is 2.18. The maximum absolute atomic E-state index is 3.97. The van der Waals surface area contributed by atoms with Crippen molar-refractivity contribution < 1.29 is 0 Å². The molecule has 0 aromatic carbocycles. The number of hydrogen-bond donors (Lipinski definition) is 0. The molecule has 1 aromatic heterocycles. The van der Waals surface area contributed by atoms with Gasteiger partial charge in [0.05, 0.1) is 0 Å². The van der Waals surface area contributed by atoms with E-state index in [2.05, 4.69) is 39.8 Å². The molecule has 1 rings (SSSR count). The Morgan fingerprint density at radius 3 is 2.58 bits per heavy atom. The van der Waals surface area contributed by atoms with Gasteiger partial charge in [-0.2, -0.15) is 0 Å². The van der Waals surface area contributed by atoms with Crippen molar-refractivity contribution in [3.8, 4) is 0 Å². The van der Waals surface area contributed by atoms with E-state index in [1.807, 2.05) is 24.5 Å². The van der Waals surface area contributed by atoms with Gasteiger partial charge in [0.15, 0.2) is 0 Å². The highest BCUT2D eigenvalue weighted by Gasteiger charge is 2.06. The second-order valence-corrected chi connectivity index (χ2v) is 3.47. The number of rotatable bonds is 3. The van der Waals surface area contributed by atoms with Crippen LogP contribution < -0.4 is 4.90 Å². The maximum Gasteiger partial charge on any atom is 0.0397 e. The van der Waals surface area contributed by atoms with Crippen molar-refractivity contribution in [2.24, 2.45) is 0 Å². The van der Waals surface area contributed by atoms with Crippen LogP contribution in [0.4, 0.5) is 5.69 Å². The number of alkyl halides is 1. The van der Waals surface area contributed by atoms with Gasteiger partial charge in [-0.25, -0.2) is 0 Å². The molecule has 1 atom stereocenters. The van der Waals surface area contributed by atoms with Crippen molar-refractivity contribution in [2.45, 2.75) is 13.0 Å². The number of anilines is 1. The Morgan fingerprint density at radius 2 is 2.08 bits per heavy atom. The quantitative estimate of drug-likeness (QED) is 0.739. The van der Waals surface area contributed by atoms with E-state index >= 15 is 0 Å². The molecule has 0 N–H and O–H groups in total. The Hall–Kier alpha value is -0.570. The third-order valence-corrected chi connectivity index (χ3v) is 2.89. The molecule has 0 aliphatic rings. The Bertz CT molecular complexity index is 225. The number of nitrogens with zero attached hydrogens (tertiary/aromatic N) is 2. The molecule has 1 unspecified atom stereocenters. The second kappa shape index (κ2) is 4.45. The maximum atomic E-state index is 3.97. The van der Waals surface area contributed by atoms with E-state index in [1.54, 1.807) is 0 Å². The van der Waals surface area contributed by atoms with Gasteiger partial charge >= 0.3 is 0 Å². The number of halogens is 1. The zero-order valence-electron chi connectivity index (χ0n) is 7.37. The van der Waals surface area contributed by atoms with E-state index in [1.165, 1.54) is 5.69 Å². The van der Waals surface area contributed by atoms with Gasteiger partial charge in [0.2, 0.25) is 0 Å². The highest BCUT2D eigenvalue weighted by Crippen LogP contribution is 2.13. The number of pyridine rings is 1. The first-order valence-corrected chi connectivity index (χ1v) is 5.06. The average Bonchev–Trinajstić information content (AvgIpc) is 2.17. The minimum atomic E-state index is 0.507. The van der Waals surface area contributed by atoms with Crippen molar-refractivity contribution >= 4 is 21.6 Å². The molecule has 0 spiro atoms. The van der Waals surface area contributed by atoms with Crippen LogP contribution in [0.25, 0.3) is 0 Å². The molecular weight excluding hydrogens is 216 g/mol. The molecule has 0 saturated heterocycles. The van der Waals surface area contributed by atoms with E-state index in [-0.39, 0.29) is 0 Å². The van der Waals surface area contributed by atoms with Gasteiger partial charge in [-0.1, -0.05) is 15.9 Å². The van der Waals surface area contributed by atoms with Gasteiger partial charge in [0.1, 0.15) is 0 Å². The van der Waals surface area contributed by atoms with Crippen LogP contribution in [0.2, 0.25) is 0 Å². The summed E-state index contributed by atoms with van der Waals surface area (Å²) in [7, 11) is 2.08. The van der Waals surface area contributed by atoms with Crippen molar-refractivity contribution in [1.82, 2.24) is 4.98 Å². The summed E-state index contributed by atoms with van der Waals surface area (Å²) in [5.41, 5.74) is 1.21. The first-order valence-electron chi connectivity index (χ1n) is 3.94. The summed E-state index contributed by atoms with van der Waals surface area (Å²) in [5.74, 6) is 0. The largest absolute Gasteiger partial charge is 0.371 e. The molecule has 0 radical (unpaired) electrons. The molecule has 1 heterocycles. The van der Waals surface area contributed by atoms with E-state index in [9.17, 15) is 0 Å². The molecule has 0 fully saturated rings. The van der Waals surface area contributed by atoms with Gasteiger partial charge in [0.25, 0.3) is 0 Å². The van der Waals surface area contributed by atoms with Crippen LogP contribution in [0.3, 0.4) is 0 Å². The number of hydrogen-bond acceptors (Lipinski definition) is 2. The fraction of sp³-hybridized carbons (Fsp3) is 0.444. The van der Waals surface area contributed by atoms with Crippen molar-refractivity contribution in [3.05, 3.63) is 24.5 Å². The first kappa shape index (κ1) is 9.52. The van der Waals surface area contributed by atoms with Gasteiger partial charge in [0, 0.05) is 36.5 Å². The standard InChI is InChI=1S/C9H13BrN2/c1-8(7-10)12(2)9-3-5-11-6-4-9/h3-6,8H,7H2,1-2H3. The molecule has 2 nitrogen and oxygen atoms in total. The molecular formula is C9H13BrN2. The normalized spacial score (nSPS) is 12.6. The van der Waals surface area contributed by atoms with E-state index < -0.39 is 0 Å². The van der Waals surface area contributed by atoms with Crippen molar-refractivity contribution in [2.75, 3.05) is 17.3 Å². The van der Waals surface area contributed by atoms with Gasteiger partial charge in [-0.05, 0) is 19.1 Å². The average molecular weight is 229 g/mol. The molecule has 1 aromatic rings. The van der Waals surface area contributed by atoms with Crippen molar-refractivity contribution in [3.63, 3.8) is 0 Å². The summed E-state index contributed by atoms with van der Waals surface area (Å²) >= 11 is 3.46. The lowest BCUT2D eigenvalue weighted by molar-refractivity contribution is 0.769. The fourth-order valence-corrected chi connectivity index (χ4v) is 1.37. The lowest BCUT2D eigenvalue weighted by Gasteiger charge is -2.24. The fourth-order valence-electron chi connectivity index (χ4n) is 0.937. The minimum absolute atomic E-state index is 0.507. The molecule has 0 aliphatic heterocycles. The molecule has 12 heavy (non-hydrogen) atoms. The van der Waals surface area contributed by atoms with Crippen LogP contribution in [0.5, 0.6) is 0 Å². The highest BCUT2D eigenvalue weighted by atomic mass is 79.9. The van der Waals surface area contributed by atoms with Crippen molar-refractivity contribution in [1.29, 1.82) is 0 Å². The number of aromatic nitrogens is 1. The second-order valence-electron chi connectivity index (χ2n) is 2.82. The Labute approximate surface area is 81.7 Å². The first-order chi connectivity index (χ1) is 5.75. The van der Waals surface area contributed by atoms with E-state index in [4.69, 9.17) is 0 Å². The minimum Gasteiger partial charge on any atom is -0.371 e.